The van der Waals surface area contributed by atoms with Gasteiger partial charge >= 0.3 is 0 Å². The number of hydrogen-bond donors (Lipinski definition) is 1. The summed E-state index contributed by atoms with van der Waals surface area (Å²) >= 11 is 0. The van der Waals surface area contributed by atoms with Gasteiger partial charge in [-0.1, -0.05) is 12.1 Å². The van der Waals surface area contributed by atoms with Gasteiger partial charge in [-0.15, -0.1) is 0 Å². The second-order valence-electron chi connectivity index (χ2n) is 7.00. The highest BCUT2D eigenvalue weighted by atomic mass is 32.2. The topological polar surface area (TPSA) is 83.7 Å². The predicted octanol–water partition coefficient (Wildman–Crippen LogP) is 1.35. The van der Waals surface area contributed by atoms with Crippen molar-refractivity contribution in [1.29, 1.82) is 0 Å². The number of sulfonamides is 1. The second kappa shape index (κ2) is 7.85. The molecular weight excluding hydrogens is 338 g/mol. The third-order valence-electron chi connectivity index (χ3n) is 5.06. The maximum Gasteiger partial charge on any atom is 0.243 e. The molecule has 138 valence electrons. The molecule has 1 amide bonds. The van der Waals surface area contributed by atoms with Crippen molar-refractivity contribution in [3.05, 3.63) is 29.8 Å². The van der Waals surface area contributed by atoms with E-state index in [9.17, 15) is 13.2 Å². The maximum absolute atomic E-state index is 12.5. The third kappa shape index (κ3) is 4.40. The lowest BCUT2D eigenvalue weighted by atomic mass is 10.0. The van der Waals surface area contributed by atoms with Crippen molar-refractivity contribution in [2.45, 2.75) is 49.5 Å². The highest BCUT2D eigenvalue weighted by Gasteiger charge is 2.27. The van der Waals surface area contributed by atoms with E-state index in [1.165, 1.54) is 0 Å². The van der Waals surface area contributed by atoms with Crippen molar-refractivity contribution in [2.75, 3.05) is 26.2 Å². The summed E-state index contributed by atoms with van der Waals surface area (Å²) in [6, 6.07) is 7.04. The van der Waals surface area contributed by atoms with Crippen LogP contribution < -0.4 is 5.73 Å². The molecule has 0 aromatic heterocycles. The normalized spacial score (nSPS) is 22.3. The zero-order chi connectivity index (χ0) is 17.9. The molecule has 1 atom stereocenters. The number of carbonyl (C=O) groups is 1. The predicted molar refractivity (Wildman–Crippen MR) is 96.5 cm³/mol. The number of benzene rings is 1. The molecule has 2 saturated heterocycles. The van der Waals surface area contributed by atoms with Gasteiger partial charge in [0.1, 0.15) is 0 Å². The number of hydrogen-bond acceptors (Lipinski definition) is 4. The van der Waals surface area contributed by atoms with Crippen LogP contribution in [0.2, 0.25) is 0 Å². The van der Waals surface area contributed by atoms with Crippen LogP contribution >= 0.6 is 0 Å². The van der Waals surface area contributed by atoms with E-state index in [-0.39, 0.29) is 11.9 Å². The summed E-state index contributed by atoms with van der Waals surface area (Å²) in [6.07, 6.45) is 4.87. The lowest BCUT2D eigenvalue weighted by Crippen LogP contribution is -2.45. The number of nitrogens with two attached hydrogens (primary N) is 1. The van der Waals surface area contributed by atoms with E-state index < -0.39 is 10.0 Å². The van der Waals surface area contributed by atoms with Crippen molar-refractivity contribution in [3.8, 4) is 0 Å². The molecule has 0 bridgehead atoms. The molecule has 2 N–H and O–H groups in total. The van der Waals surface area contributed by atoms with Crippen molar-refractivity contribution >= 4 is 15.9 Å². The zero-order valence-electron chi connectivity index (χ0n) is 14.6. The first-order valence-electron chi connectivity index (χ1n) is 9.09. The minimum Gasteiger partial charge on any atom is -0.341 e. The molecule has 25 heavy (non-hydrogen) atoms. The molecule has 3 rings (SSSR count). The Hall–Kier alpha value is -1.44. The van der Waals surface area contributed by atoms with E-state index in [1.54, 1.807) is 16.4 Å². The fourth-order valence-corrected chi connectivity index (χ4v) is 5.07. The number of rotatable bonds is 5. The summed E-state index contributed by atoms with van der Waals surface area (Å²) in [4.78, 5) is 14.5. The van der Waals surface area contributed by atoms with E-state index in [0.29, 0.717) is 37.4 Å². The summed E-state index contributed by atoms with van der Waals surface area (Å²) in [7, 11) is -3.37. The Balaban J connectivity index is 1.56. The summed E-state index contributed by atoms with van der Waals surface area (Å²) in [5.41, 5.74) is 6.91. The lowest BCUT2D eigenvalue weighted by Gasteiger charge is -2.30. The molecule has 0 saturated carbocycles. The van der Waals surface area contributed by atoms with Crippen LogP contribution in [-0.2, 0) is 21.2 Å². The van der Waals surface area contributed by atoms with Gasteiger partial charge in [0.25, 0.3) is 0 Å². The third-order valence-corrected chi connectivity index (χ3v) is 6.98. The largest absolute Gasteiger partial charge is 0.341 e. The van der Waals surface area contributed by atoms with Gasteiger partial charge in [-0.2, -0.15) is 4.31 Å². The van der Waals surface area contributed by atoms with Crippen LogP contribution in [0.4, 0.5) is 0 Å². The van der Waals surface area contributed by atoms with Crippen LogP contribution in [0.25, 0.3) is 0 Å². The molecule has 0 aliphatic carbocycles. The van der Waals surface area contributed by atoms with E-state index >= 15 is 0 Å². The maximum atomic E-state index is 12.5. The molecule has 1 aromatic carbocycles. The summed E-state index contributed by atoms with van der Waals surface area (Å²) in [5.74, 6) is 0.129. The average molecular weight is 365 g/mol. The van der Waals surface area contributed by atoms with E-state index in [4.69, 9.17) is 5.73 Å². The van der Waals surface area contributed by atoms with Gasteiger partial charge in [-0.25, -0.2) is 8.42 Å². The van der Waals surface area contributed by atoms with Gasteiger partial charge in [-0.05, 0) is 49.8 Å². The van der Waals surface area contributed by atoms with Crippen LogP contribution in [0.5, 0.6) is 0 Å². The average Bonchev–Trinajstić information content (AvgIpc) is 3.15. The van der Waals surface area contributed by atoms with Gasteiger partial charge < -0.3 is 10.6 Å². The Labute approximate surface area is 150 Å². The van der Waals surface area contributed by atoms with Gasteiger partial charge in [0, 0.05) is 38.6 Å². The van der Waals surface area contributed by atoms with E-state index in [1.807, 2.05) is 17.0 Å². The first-order valence-corrected chi connectivity index (χ1v) is 10.5. The van der Waals surface area contributed by atoms with Crippen LogP contribution in [0.3, 0.4) is 0 Å². The molecule has 7 heteroatoms. The minimum absolute atomic E-state index is 0.0905. The quantitative estimate of drug-likeness (QED) is 0.854. The number of aryl methyl sites for hydroxylation is 1. The first-order chi connectivity index (χ1) is 12.0. The number of amides is 1. The lowest BCUT2D eigenvalue weighted by molar-refractivity contribution is -0.132. The van der Waals surface area contributed by atoms with Crippen LogP contribution in [-0.4, -0.2) is 55.8 Å². The van der Waals surface area contributed by atoms with Crippen LogP contribution in [0, 0.1) is 0 Å². The van der Waals surface area contributed by atoms with Crippen molar-refractivity contribution in [3.63, 3.8) is 0 Å². The summed E-state index contributed by atoms with van der Waals surface area (Å²) < 4.78 is 26.6. The Morgan fingerprint density at radius 1 is 1.08 bits per heavy atom. The monoisotopic (exact) mass is 365 g/mol. The fraction of sp³-hybridized carbons (Fsp3) is 0.611. The Bertz CT molecular complexity index is 697. The molecule has 1 aromatic rings. The van der Waals surface area contributed by atoms with Crippen molar-refractivity contribution < 1.29 is 13.2 Å². The summed E-state index contributed by atoms with van der Waals surface area (Å²) in [6.45, 7) is 2.65. The van der Waals surface area contributed by atoms with Crippen molar-refractivity contribution in [1.82, 2.24) is 9.21 Å². The highest BCUT2D eigenvalue weighted by molar-refractivity contribution is 7.89. The van der Waals surface area contributed by atoms with Crippen LogP contribution in [0.15, 0.2) is 29.2 Å². The van der Waals surface area contributed by atoms with Crippen molar-refractivity contribution in [2.24, 2.45) is 5.73 Å². The first kappa shape index (κ1) is 18.4. The SMILES string of the molecule is NC1CCCN(C(=O)CCc2ccc(S(=O)(=O)N3CCCC3)cc2)C1. The smallest absolute Gasteiger partial charge is 0.243 e. The minimum atomic E-state index is -3.37. The van der Waals surface area contributed by atoms with Gasteiger partial charge in [-0.3, -0.25) is 4.79 Å². The summed E-state index contributed by atoms with van der Waals surface area (Å²) in [5, 5.41) is 0. The molecular formula is C18H27N3O3S. The molecule has 2 aliphatic heterocycles. The molecule has 0 radical (unpaired) electrons. The van der Waals surface area contributed by atoms with Crippen LogP contribution in [0.1, 0.15) is 37.7 Å². The number of likely N-dealkylation sites (tertiary alicyclic amines) is 1. The molecule has 2 fully saturated rings. The molecule has 0 spiro atoms. The highest BCUT2D eigenvalue weighted by Crippen LogP contribution is 2.21. The second-order valence-corrected chi connectivity index (χ2v) is 8.94. The number of carbonyl (C=O) groups excluding carboxylic acids is 1. The van der Waals surface area contributed by atoms with Gasteiger partial charge in [0.05, 0.1) is 4.90 Å². The number of piperidine rings is 1. The van der Waals surface area contributed by atoms with E-state index in [0.717, 1.165) is 37.8 Å². The molecule has 6 nitrogen and oxygen atoms in total. The van der Waals surface area contributed by atoms with Gasteiger partial charge in [0.15, 0.2) is 0 Å². The van der Waals surface area contributed by atoms with E-state index in [2.05, 4.69) is 0 Å². The Morgan fingerprint density at radius 3 is 2.40 bits per heavy atom. The molecule has 2 aliphatic rings. The Kier molecular flexibility index (Phi) is 5.76. The zero-order valence-corrected chi connectivity index (χ0v) is 15.4. The standard InChI is InChI=1S/C18H27N3O3S/c19-16-4-3-11-20(14-16)18(22)10-7-15-5-8-17(9-6-15)25(23,24)21-12-1-2-13-21/h5-6,8-9,16H,1-4,7,10-14,19H2. The molecule has 1 unspecified atom stereocenters. The fourth-order valence-electron chi connectivity index (χ4n) is 3.55. The van der Waals surface area contributed by atoms with Gasteiger partial charge in [0.2, 0.25) is 15.9 Å². The molecule has 2 heterocycles. The number of nitrogens with zero attached hydrogens (tertiary/aromatic N) is 2. The Morgan fingerprint density at radius 2 is 1.76 bits per heavy atom.